The molecule has 0 atom stereocenters. The van der Waals surface area contributed by atoms with Crippen molar-refractivity contribution in [2.75, 3.05) is 31.1 Å². The summed E-state index contributed by atoms with van der Waals surface area (Å²) < 4.78 is 1.92. The molecule has 4 heterocycles. The molecule has 5 rings (SSSR count). The van der Waals surface area contributed by atoms with Crippen LogP contribution in [-0.4, -0.2) is 61.7 Å². The van der Waals surface area contributed by atoms with Gasteiger partial charge in [-0.1, -0.05) is 0 Å². The van der Waals surface area contributed by atoms with Gasteiger partial charge in [0.1, 0.15) is 0 Å². The number of anilines is 1. The van der Waals surface area contributed by atoms with Gasteiger partial charge in [0.15, 0.2) is 11.6 Å². The third kappa shape index (κ3) is 3.40. The molecule has 0 spiro atoms. The van der Waals surface area contributed by atoms with Gasteiger partial charge in [0.2, 0.25) is 0 Å². The van der Waals surface area contributed by atoms with Crippen molar-refractivity contribution in [1.29, 1.82) is 0 Å². The molecule has 0 N–H and O–H groups in total. The molecule has 1 aliphatic rings. The van der Waals surface area contributed by atoms with Crippen molar-refractivity contribution in [2.24, 2.45) is 0 Å². The lowest BCUT2D eigenvalue weighted by Gasteiger charge is -2.35. The first kappa shape index (κ1) is 17.3. The number of hydrogen-bond acceptors (Lipinski definition) is 6. The van der Waals surface area contributed by atoms with Crippen LogP contribution < -0.4 is 4.90 Å². The van der Waals surface area contributed by atoms with Crippen molar-refractivity contribution in [3.63, 3.8) is 0 Å². The second kappa shape index (κ2) is 7.31. The predicted molar refractivity (Wildman–Crippen MR) is 109 cm³/mol. The van der Waals surface area contributed by atoms with Crippen LogP contribution in [0.25, 0.3) is 16.9 Å². The minimum atomic E-state index is 0.0197. The Hall–Kier alpha value is -3.81. The lowest BCUT2D eigenvalue weighted by molar-refractivity contribution is 0.0746. The fourth-order valence-electron chi connectivity index (χ4n) is 3.53. The van der Waals surface area contributed by atoms with Crippen LogP contribution in [0.3, 0.4) is 0 Å². The molecule has 4 aromatic rings. The van der Waals surface area contributed by atoms with Gasteiger partial charge >= 0.3 is 0 Å². The number of carbonyl (C=O) groups is 1. The Balaban J connectivity index is 1.25. The van der Waals surface area contributed by atoms with E-state index in [-0.39, 0.29) is 5.91 Å². The van der Waals surface area contributed by atoms with E-state index in [1.807, 2.05) is 64.3 Å². The summed E-state index contributed by atoms with van der Waals surface area (Å²) in [4.78, 5) is 25.5. The highest BCUT2D eigenvalue weighted by Crippen LogP contribution is 2.17. The van der Waals surface area contributed by atoms with Crippen LogP contribution in [0.2, 0.25) is 0 Å². The number of hydrogen-bond donors (Lipinski definition) is 0. The van der Waals surface area contributed by atoms with Crippen LogP contribution in [0.5, 0.6) is 0 Å². The maximum atomic E-state index is 12.9. The lowest BCUT2D eigenvalue weighted by atomic mass is 10.1. The van der Waals surface area contributed by atoms with Gasteiger partial charge in [-0.25, -0.2) is 0 Å². The number of benzene rings is 1. The van der Waals surface area contributed by atoms with E-state index in [1.165, 1.54) is 0 Å². The fourth-order valence-corrected chi connectivity index (χ4v) is 3.53. The van der Waals surface area contributed by atoms with Crippen molar-refractivity contribution in [3.8, 4) is 5.82 Å². The largest absolute Gasteiger partial charge is 0.352 e. The number of carbonyl (C=O) groups excluding carboxylic acids is 1. The average molecular weight is 385 g/mol. The van der Waals surface area contributed by atoms with Gasteiger partial charge in [-0.15, -0.1) is 10.2 Å². The highest BCUT2D eigenvalue weighted by atomic mass is 16.2. The summed E-state index contributed by atoms with van der Waals surface area (Å²) >= 11 is 0. The zero-order valence-corrected chi connectivity index (χ0v) is 15.7. The third-order valence-electron chi connectivity index (χ3n) is 5.11. The minimum Gasteiger partial charge on any atom is -0.352 e. The number of nitrogens with zero attached hydrogens (tertiary/aromatic N) is 7. The van der Waals surface area contributed by atoms with Gasteiger partial charge in [-0.2, -0.15) is 0 Å². The van der Waals surface area contributed by atoms with E-state index in [0.717, 1.165) is 35.8 Å². The molecule has 1 aromatic carbocycles. The summed E-state index contributed by atoms with van der Waals surface area (Å²) in [5, 5.41) is 8.66. The number of piperazine rings is 1. The van der Waals surface area contributed by atoms with E-state index < -0.39 is 0 Å². The van der Waals surface area contributed by atoms with Gasteiger partial charge in [0.05, 0.1) is 11.0 Å². The Kier molecular flexibility index (Phi) is 4.36. The quantitative estimate of drug-likeness (QED) is 0.538. The molecule has 1 amide bonds. The Labute approximate surface area is 167 Å². The monoisotopic (exact) mass is 385 g/mol. The summed E-state index contributed by atoms with van der Waals surface area (Å²) in [6, 6.07) is 13.3. The Morgan fingerprint density at radius 3 is 2.21 bits per heavy atom. The van der Waals surface area contributed by atoms with Crippen molar-refractivity contribution in [2.45, 2.75) is 0 Å². The van der Waals surface area contributed by atoms with Gasteiger partial charge in [-0.3, -0.25) is 14.8 Å². The van der Waals surface area contributed by atoms with Gasteiger partial charge in [0.25, 0.3) is 5.91 Å². The highest BCUT2D eigenvalue weighted by Gasteiger charge is 2.23. The van der Waals surface area contributed by atoms with Crippen LogP contribution in [0.4, 0.5) is 5.82 Å². The van der Waals surface area contributed by atoms with Crippen molar-refractivity contribution < 1.29 is 4.79 Å². The van der Waals surface area contributed by atoms with Gasteiger partial charge < -0.3 is 14.4 Å². The first-order valence-electron chi connectivity index (χ1n) is 9.50. The summed E-state index contributed by atoms with van der Waals surface area (Å²) in [6.07, 6.45) is 7.16. The first-order chi connectivity index (χ1) is 14.3. The molecule has 1 aliphatic heterocycles. The van der Waals surface area contributed by atoms with Crippen LogP contribution >= 0.6 is 0 Å². The first-order valence-corrected chi connectivity index (χ1v) is 9.50. The molecule has 1 saturated heterocycles. The van der Waals surface area contributed by atoms with Crippen molar-refractivity contribution in [3.05, 3.63) is 72.8 Å². The van der Waals surface area contributed by atoms with Crippen LogP contribution in [0, 0.1) is 0 Å². The van der Waals surface area contributed by atoms with E-state index in [4.69, 9.17) is 0 Å². The molecule has 3 aromatic heterocycles. The van der Waals surface area contributed by atoms with E-state index in [2.05, 4.69) is 25.1 Å². The number of rotatable bonds is 3. The molecule has 8 heteroatoms. The van der Waals surface area contributed by atoms with Crippen molar-refractivity contribution >= 4 is 22.8 Å². The lowest BCUT2D eigenvalue weighted by Crippen LogP contribution is -2.49. The zero-order chi connectivity index (χ0) is 19.6. The summed E-state index contributed by atoms with van der Waals surface area (Å²) in [6.45, 7) is 2.71. The number of amides is 1. The topological polar surface area (TPSA) is 80.0 Å². The van der Waals surface area contributed by atoms with Crippen LogP contribution in [0.1, 0.15) is 10.4 Å². The smallest absolute Gasteiger partial charge is 0.254 e. The fraction of sp³-hybridized carbons (Fsp3) is 0.190. The number of fused-ring (bicyclic) bond motifs is 1. The van der Waals surface area contributed by atoms with Gasteiger partial charge in [0, 0.05) is 56.5 Å². The molecule has 1 fully saturated rings. The molecular weight excluding hydrogens is 366 g/mol. The van der Waals surface area contributed by atoms with E-state index in [9.17, 15) is 4.79 Å². The summed E-state index contributed by atoms with van der Waals surface area (Å²) in [5.41, 5.74) is 2.16. The highest BCUT2D eigenvalue weighted by molar-refractivity contribution is 5.97. The van der Waals surface area contributed by atoms with E-state index in [0.29, 0.717) is 18.7 Å². The molecule has 0 unspecified atom stereocenters. The molecule has 0 aliphatic carbocycles. The minimum absolute atomic E-state index is 0.0197. The maximum absolute atomic E-state index is 12.9. The normalized spacial score (nSPS) is 14.3. The SMILES string of the molecule is O=C(c1ccc2nccnc2c1)N1CCN(c2ccc(-n3cccc3)nn2)CC1. The maximum Gasteiger partial charge on any atom is 0.254 e. The second-order valence-corrected chi connectivity index (χ2v) is 6.88. The predicted octanol–water partition coefficient (Wildman–Crippen LogP) is 2.17. The molecule has 144 valence electrons. The molecule has 0 bridgehead atoms. The van der Waals surface area contributed by atoms with Crippen molar-refractivity contribution in [1.82, 2.24) is 29.6 Å². The Morgan fingerprint density at radius 2 is 1.48 bits per heavy atom. The Bertz CT molecular complexity index is 1130. The Morgan fingerprint density at radius 1 is 0.793 bits per heavy atom. The van der Waals surface area contributed by atoms with Crippen LogP contribution in [0.15, 0.2) is 67.3 Å². The molecule has 0 saturated carbocycles. The average Bonchev–Trinajstić information content (AvgIpc) is 3.33. The van der Waals surface area contributed by atoms with E-state index >= 15 is 0 Å². The molecular formula is C21H19N7O. The molecule has 29 heavy (non-hydrogen) atoms. The van der Waals surface area contributed by atoms with Crippen LogP contribution in [-0.2, 0) is 0 Å². The number of aromatic nitrogens is 5. The third-order valence-corrected chi connectivity index (χ3v) is 5.11. The summed E-state index contributed by atoms with van der Waals surface area (Å²) in [7, 11) is 0. The zero-order valence-electron chi connectivity index (χ0n) is 15.7. The van der Waals surface area contributed by atoms with Gasteiger partial charge in [-0.05, 0) is 42.5 Å². The molecule has 8 nitrogen and oxygen atoms in total. The standard InChI is InChI=1S/C21H19N7O/c29-21(16-3-4-17-18(15-16)23-8-7-22-17)28-13-11-27(12-14-28)20-6-5-19(24-25-20)26-9-1-2-10-26/h1-10,15H,11-14H2. The summed E-state index contributed by atoms with van der Waals surface area (Å²) in [5.74, 6) is 1.63. The molecule has 0 radical (unpaired) electrons. The second-order valence-electron chi connectivity index (χ2n) is 6.88. The van der Waals surface area contributed by atoms with E-state index in [1.54, 1.807) is 12.4 Å².